The minimum absolute atomic E-state index is 0.0187. The van der Waals surface area contributed by atoms with Gasteiger partial charge in [0.1, 0.15) is 17.4 Å². The number of amides is 1. The zero-order valence-corrected chi connectivity index (χ0v) is 16.3. The summed E-state index contributed by atoms with van der Waals surface area (Å²) in [5.41, 5.74) is 2.94. The van der Waals surface area contributed by atoms with E-state index in [0.717, 1.165) is 55.1 Å². The molecule has 0 bridgehead atoms. The Bertz CT molecular complexity index is 957. The summed E-state index contributed by atoms with van der Waals surface area (Å²) in [6.45, 7) is 2.66. The van der Waals surface area contributed by atoms with Crippen LogP contribution in [0.3, 0.4) is 0 Å². The lowest BCUT2D eigenvalue weighted by molar-refractivity contribution is -0.122. The van der Waals surface area contributed by atoms with Crippen LogP contribution in [0.25, 0.3) is 11.1 Å². The van der Waals surface area contributed by atoms with Crippen LogP contribution in [-0.2, 0) is 11.2 Å². The first-order chi connectivity index (χ1) is 14.2. The molecule has 29 heavy (non-hydrogen) atoms. The van der Waals surface area contributed by atoms with Crippen molar-refractivity contribution in [3.8, 4) is 5.75 Å². The molecule has 6 heteroatoms. The molecule has 1 fully saturated rings. The van der Waals surface area contributed by atoms with Gasteiger partial charge in [0.2, 0.25) is 5.91 Å². The summed E-state index contributed by atoms with van der Waals surface area (Å²) in [5.74, 6) is 2.00. The number of piperidine rings is 1. The van der Waals surface area contributed by atoms with Gasteiger partial charge in [-0.15, -0.1) is 0 Å². The predicted octanol–water partition coefficient (Wildman–Crippen LogP) is 3.13. The first-order valence-corrected chi connectivity index (χ1v) is 10.3. The number of nitrogens with one attached hydrogen (secondary N) is 1. The summed E-state index contributed by atoms with van der Waals surface area (Å²) in [4.78, 5) is 19.3. The number of carbonyl (C=O) groups is 1. The highest BCUT2D eigenvalue weighted by Gasteiger charge is 2.27. The number of hydrogen-bond donors (Lipinski definition) is 1. The first kappa shape index (κ1) is 18.2. The molecule has 2 atom stereocenters. The van der Waals surface area contributed by atoms with Crippen LogP contribution in [0.4, 0.5) is 0 Å². The van der Waals surface area contributed by atoms with Gasteiger partial charge in [0, 0.05) is 18.9 Å². The second kappa shape index (κ2) is 7.87. The van der Waals surface area contributed by atoms with E-state index in [4.69, 9.17) is 9.15 Å². The van der Waals surface area contributed by atoms with Crippen LogP contribution < -0.4 is 10.1 Å². The molecular formula is C23H25N3O3. The topological polar surface area (TPSA) is 67.6 Å². The Morgan fingerprint density at radius 2 is 2.03 bits per heavy atom. The third kappa shape index (κ3) is 3.98. The molecule has 2 aliphatic heterocycles. The number of likely N-dealkylation sites (tertiary alicyclic amines) is 1. The van der Waals surface area contributed by atoms with Crippen LogP contribution in [0, 0.1) is 0 Å². The molecule has 3 aromatic rings. The van der Waals surface area contributed by atoms with Gasteiger partial charge in [0.15, 0.2) is 11.5 Å². The summed E-state index contributed by atoms with van der Waals surface area (Å²) in [5, 5.41) is 3.04. The van der Waals surface area contributed by atoms with E-state index >= 15 is 0 Å². The molecule has 150 valence electrons. The molecule has 1 saturated heterocycles. The highest BCUT2D eigenvalue weighted by molar-refractivity contribution is 5.78. The van der Waals surface area contributed by atoms with Crippen LogP contribution in [0.1, 0.15) is 30.2 Å². The summed E-state index contributed by atoms with van der Waals surface area (Å²) in [7, 11) is 0. The molecular weight excluding hydrogens is 366 g/mol. The van der Waals surface area contributed by atoms with E-state index in [9.17, 15) is 4.79 Å². The van der Waals surface area contributed by atoms with Crippen molar-refractivity contribution in [1.82, 2.24) is 15.2 Å². The zero-order valence-electron chi connectivity index (χ0n) is 16.3. The summed E-state index contributed by atoms with van der Waals surface area (Å²) >= 11 is 0. The molecule has 1 N–H and O–H groups in total. The average Bonchev–Trinajstić information content (AvgIpc) is 3.36. The Morgan fingerprint density at radius 3 is 2.93 bits per heavy atom. The van der Waals surface area contributed by atoms with E-state index in [1.807, 2.05) is 42.5 Å². The second-order valence-electron chi connectivity index (χ2n) is 7.95. The number of benzene rings is 2. The van der Waals surface area contributed by atoms with Gasteiger partial charge in [-0.1, -0.05) is 30.3 Å². The van der Waals surface area contributed by atoms with Crippen LogP contribution in [0.15, 0.2) is 52.9 Å². The molecule has 6 nitrogen and oxygen atoms in total. The maximum Gasteiger partial charge on any atom is 0.234 e. The lowest BCUT2D eigenvalue weighted by Gasteiger charge is -2.30. The molecule has 2 unspecified atom stereocenters. The van der Waals surface area contributed by atoms with Crippen molar-refractivity contribution in [2.24, 2.45) is 0 Å². The van der Waals surface area contributed by atoms with E-state index in [1.54, 1.807) is 0 Å². The van der Waals surface area contributed by atoms with Crippen molar-refractivity contribution in [1.29, 1.82) is 0 Å². The number of oxazole rings is 1. The number of aromatic nitrogens is 1. The van der Waals surface area contributed by atoms with E-state index in [0.29, 0.717) is 13.1 Å². The third-order valence-electron chi connectivity index (χ3n) is 5.77. The van der Waals surface area contributed by atoms with Crippen molar-refractivity contribution < 1.29 is 13.9 Å². The van der Waals surface area contributed by atoms with Crippen LogP contribution in [0.5, 0.6) is 5.75 Å². The van der Waals surface area contributed by atoms with Crippen molar-refractivity contribution in [2.75, 3.05) is 26.2 Å². The van der Waals surface area contributed by atoms with E-state index in [-0.39, 0.29) is 17.9 Å². The van der Waals surface area contributed by atoms with E-state index in [2.05, 4.69) is 21.3 Å². The van der Waals surface area contributed by atoms with Gasteiger partial charge in [-0.2, -0.15) is 0 Å². The summed E-state index contributed by atoms with van der Waals surface area (Å²) in [6.07, 6.45) is 2.95. The van der Waals surface area contributed by atoms with Crippen molar-refractivity contribution >= 4 is 17.0 Å². The molecule has 3 heterocycles. The fourth-order valence-corrected chi connectivity index (χ4v) is 4.32. The number of rotatable bonds is 5. The smallest absolute Gasteiger partial charge is 0.234 e. The fourth-order valence-electron chi connectivity index (χ4n) is 4.32. The largest absolute Gasteiger partial charge is 0.488 e. The van der Waals surface area contributed by atoms with Crippen LogP contribution in [-0.4, -0.2) is 48.1 Å². The SMILES string of the molecule is O=C(CN1CCCC(c2nc3ccccc3o2)C1)NCC1Cc2ccccc2O1. The summed E-state index contributed by atoms with van der Waals surface area (Å²) in [6, 6.07) is 15.9. The molecule has 0 saturated carbocycles. The van der Waals surface area contributed by atoms with E-state index in [1.165, 1.54) is 5.56 Å². The standard InChI is InChI=1S/C23H25N3O3/c27-22(24-13-18-12-16-6-1-3-9-20(16)28-18)15-26-11-5-7-17(14-26)23-25-19-8-2-4-10-21(19)29-23/h1-4,6,8-10,17-18H,5,7,11-15H2,(H,24,27). The Hall–Kier alpha value is -2.86. The minimum atomic E-state index is 0.0187. The molecule has 0 aliphatic carbocycles. The lowest BCUT2D eigenvalue weighted by atomic mass is 9.98. The van der Waals surface area contributed by atoms with Gasteiger partial charge in [0.05, 0.1) is 13.1 Å². The van der Waals surface area contributed by atoms with Crippen molar-refractivity contribution in [3.63, 3.8) is 0 Å². The molecule has 5 rings (SSSR count). The average molecular weight is 391 g/mol. The number of nitrogens with zero attached hydrogens (tertiary/aromatic N) is 2. The van der Waals surface area contributed by atoms with Gasteiger partial charge < -0.3 is 14.5 Å². The van der Waals surface area contributed by atoms with Gasteiger partial charge in [-0.25, -0.2) is 4.98 Å². The fraction of sp³-hybridized carbons (Fsp3) is 0.391. The molecule has 0 spiro atoms. The highest BCUT2D eigenvalue weighted by Crippen LogP contribution is 2.29. The van der Waals surface area contributed by atoms with E-state index < -0.39 is 0 Å². The number of para-hydroxylation sites is 3. The minimum Gasteiger partial charge on any atom is -0.488 e. The first-order valence-electron chi connectivity index (χ1n) is 10.3. The predicted molar refractivity (Wildman–Crippen MR) is 110 cm³/mol. The van der Waals surface area contributed by atoms with Gasteiger partial charge in [-0.05, 0) is 43.1 Å². The zero-order chi connectivity index (χ0) is 19.6. The highest BCUT2D eigenvalue weighted by atomic mass is 16.5. The molecule has 2 aromatic carbocycles. The van der Waals surface area contributed by atoms with Gasteiger partial charge in [-0.3, -0.25) is 9.69 Å². The summed E-state index contributed by atoms with van der Waals surface area (Å²) < 4.78 is 11.9. The van der Waals surface area contributed by atoms with Crippen molar-refractivity contribution in [3.05, 3.63) is 60.0 Å². The van der Waals surface area contributed by atoms with Crippen LogP contribution in [0.2, 0.25) is 0 Å². The number of hydrogen-bond acceptors (Lipinski definition) is 5. The third-order valence-corrected chi connectivity index (χ3v) is 5.77. The monoisotopic (exact) mass is 391 g/mol. The second-order valence-corrected chi connectivity index (χ2v) is 7.95. The number of ether oxygens (including phenoxy) is 1. The Balaban J connectivity index is 1.13. The lowest BCUT2D eigenvalue weighted by Crippen LogP contribution is -2.44. The normalized spacial score (nSPS) is 21.7. The quantitative estimate of drug-likeness (QED) is 0.724. The Kier molecular flexibility index (Phi) is 4.94. The Labute approximate surface area is 169 Å². The van der Waals surface area contributed by atoms with Gasteiger partial charge >= 0.3 is 0 Å². The number of fused-ring (bicyclic) bond motifs is 2. The molecule has 0 radical (unpaired) electrons. The maximum atomic E-state index is 12.5. The molecule has 2 aliphatic rings. The van der Waals surface area contributed by atoms with Crippen LogP contribution >= 0.6 is 0 Å². The Morgan fingerprint density at radius 1 is 1.17 bits per heavy atom. The molecule has 1 aromatic heterocycles. The van der Waals surface area contributed by atoms with Crippen molar-refractivity contribution in [2.45, 2.75) is 31.3 Å². The number of carbonyl (C=O) groups excluding carboxylic acids is 1. The molecule has 1 amide bonds. The van der Waals surface area contributed by atoms with Gasteiger partial charge in [0.25, 0.3) is 0 Å². The maximum absolute atomic E-state index is 12.5.